The molecule has 1 aliphatic rings. The SMILES string of the molecule is COC(=O)C1CC(=O)c2cccc(OC)c2C1. The summed E-state index contributed by atoms with van der Waals surface area (Å²) in [6.45, 7) is 0. The molecule has 1 atom stereocenters. The smallest absolute Gasteiger partial charge is 0.309 e. The number of carbonyl (C=O) groups excluding carboxylic acids is 2. The van der Waals surface area contributed by atoms with E-state index in [0.717, 1.165) is 5.56 Å². The second-order valence-corrected chi connectivity index (χ2v) is 4.04. The lowest BCUT2D eigenvalue weighted by Gasteiger charge is -2.23. The molecule has 4 nitrogen and oxygen atoms in total. The van der Waals surface area contributed by atoms with Gasteiger partial charge in [-0.25, -0.2) is 0 Å². The lowest BCUT2D eigenvalue weighted by molar-refractivity contribution is -0.145. The van der Waals surface area contributed by atoms with Crippen LogP contribution in [0.1, 0.15) is 22.3 Å². The van der Waals surface area contributed by atoms with Gasteiger partial charge in [-0.05, 0) is 12.5 Å². The first kappa shape index (κ1) is 11.6. The number of carbonyl (C=O) groups is 2. The Labute approximate surface area is 99.5 Å². The second-order valence-electron chi connectivity index (χ2n) is 4.04. The lowest BCUT2D eigenvalue weighted by atomic mass is 9.82. The predicted octanol–water partition coefficient (Wildman–Crippen LogP) is 1.61. The summed E-state index contributed by atoms with van der Waals surface area (Å²) in [4.78, 5) is 23.4. The van der Waals surface area contributed by atoms with E-state index >= 15 is 0 Å². The zero-order valence-electron chi connectivity index (χ0n) is 9.86. The number of benzene rings is 1. The highest BCUT2D eigenvalue weighted by atomic mass is 16.5. The molecule has 1 unspecified atom stereocenters. The van der Waals surface area contributed by atoms with Crippen LogP contribution in [0.25, 0.3) is 0 Å². The fourth-order valence-electron chi connectivity index (χ4n) is 2.21. The first-order chi connectivity index (χ1) is 8.17. The number of esters is 1. The zero-order chi connectivity index (χ0) is 12.4. The Bertz CT molecular complexity index is 464. The van der Waals surface area contributed by atoms with Gasteiger partial charge in [-0.1, -0.05) is 12.1 Å². The first-order valence-electron chi connectivity index (χ1n) is 5.44. The summed E-state index contributed by atoms with van der Waals surface area (Å²) < 4.78 is 9.91. The van der Waals surface area contributed by atoms with E-state index in [9.17, 15) is 9.59 Å². The maximum atomic E-state index is 11.9. The van der Waals surface area contributed by atoms with Crippen molar-refractivity contribution in [1.82, 2.24) is 0 Å². The van der Waals surface area contributed by atoms with Gasteiger partial charge in [-0.2, -0.15) is 0 Å². The quantitative estimate of drug-likeness (QED) is 0.729. The topological polar surface area (TPSA) is 52.6 Å². The molecule has 1 aromatic carbocycles. The van der Waals surface area contributed by atoms with Gasteiger partial charge < -0.3 is 9.47 Å². The molecule has 1 aliphatic carbocycles. The fraction of sp³-hybridized carbons (Fsp3) is 0.385. The van der Waals surface area contributed by atoms with Crippen LogP contribution in [-0.2, 0) is 16.0 Å². The van der Waals surface area contributed by atoms with Crippen molar-refractivity contribution < 1.29 is 19.1 Å². The van der Waals surface area contributed by atoms with Gasteiger partial charge in [0, 0.05) is 17.5 Å². The molecule has 0 saturated heterocycles. The number of ether oxygens (including phenoxy) is 2. The van der Waals surface area contributed by atoms with Gasteiger partial charge in [0.15, 0.2) is 5.78 Å². The Kier molecular flexibility index (Phi) is 3.13. The molecular weight excluding hydrogens is 220 g/mol. The zero-order valence-corrected chi connectivity index (χ0v) is 9.86. The van der Waals surface area contributed by atoms with Crippen molar-refractivity contribution in [3.8, 4) is 5.75 Å². The average Bonchev–Trinajstić information content (AvgIpc) is 2.37. The number of methoxy groups -OCH3 is 2. The molecule has 0 spiro atoms. The van der Waals surface area contributed by atoms with E-state index in [1.54, 1.807) is 25.3 Å². The number of rotatable bonds is 2. The van der Waals surface area contributed by atoms with Crippen LogP contribution < -0.4 is 4.74 Å². The largest absolute Gasteiger partial charge is 0.496 e. The van der Waals surface area contributed by atoms with Gasteiger partial charge in [0.2, 0.25) is 0 Å². The molecule has 0 heterocycles. The molecule has 0 amide bonds. The lowest BCUT2D eigenvalue weighted by Crippen LogP contribution is -2.27. The van der Waals surface area contributed by atoms with Crippen LogP contribution in [-0.4, -0.2) is 26.0 Å². The molecular formula is C13H14O4. The van der Waals surface area contributed by atoms with Gasteiger partial charge in [0.05, 0.1) is 20.1 Å². The van der Waals surface area contributed by atoms with E-state index in [0.29, 0.717) is 17.7 Å². The molecule has 17 heavy (non-hydrogen) atoms. The third-order valence-electron chi connectivity index (χ3n) is 3.07. The minimum Gasteiger partial charge on any atom is -0.496 e. The summed E-state index contributed by atoms with van der Waals surface area (Å²) in [5.74, 6) is -0.101. The van der Waals surface area contributed by atoms with Crippen LogP contribution in [0.15, 0.2) is 18.2 Å². The molecule has 4 heteroatoms. The van der Waals surface area contributed by atoms with Crippen LogP contribution in [0, 0.1) is 5.92 Å². The van der Waals surface area contributed by atoms with Crippen LogP contribution in [0.2, 0.25) is 0 Å². The highest BCUT2D eigenvalue weighted by molar-refractivity contribution is 6.01. The molecule has 90 valence electrons. The van der Waals surface area contributed by atoms with Crippen LogP contribution in [0.5, 0.6) is 5.75 Å². The number of Topliss-reactive ketones (excluding diaryl/α,β-unsaturated/α-hetero) is 1. The Morgan fingerprint density at radius 1 is 1.29 bits per heavy atom. The molecule has 0 radical (unpaired) electrons. The van der Waals surface area contributed by atoms with Gasteiger partial charge in [-0.3, -0.25) is 9.59 Å². The summed E-state index contributed by atoms with van der Waals surface area (Å²) in [5.41, 5.74) is 1.46. The maximum absolute atomic E-state index is 11.9. The van der Waals surface area contributed by atoms with Crippen molar-refractivity contribution >= 4 is 11.8 Å². The van der Waals surface area contributed by atoms with Gasteiger partial charge in [0.25, 0.3) is 0 Å². The maximum Gasteiger partial charge on any atom is 0.309 e. The van der Waals surface area contributed by atoms with Crippen molar-refractivity contribution in [1.29, 1.82) is 0 Å². The molecule has 2 rings (SSSR count). The van der Waals surface area contributed by atoms with E-state index in [4.69, 9.17) is 9.47 Å². The number of ketones is 1. The van der Waals surface area contributed by atoms with Gasteiger partial charge in [0.1, 0.15) is 5.75 Å². The van der Waals surface area contributed by atoms with Crippen LogP contribution in [0.3, 0.4) is 0 Å². The molecule has 0 aliphatic heterocycles. The minimum absolute atomic E-state index is 0.0273. The van der Waals surface area contributed by atoms with Crippen LogP contribution in [0.4, 0.5) is 0 Å². The van der Waals surface area contributed by atoms with Gasteiger partial charge in [-0.15, -0.1) is 0 Å². The second kappa shape index (κ2) is 4.57. The van der Waals surface area contributed by atoms with Crippen molar-refractivity contribution in [2.45, 2.75) is 12.8 Å². The van der Waals surface area contributed by atoms with Crippen molar-refractivity contribution in [2.24, 2.45) is 5.92 Å². The van der Waals surface area contributed by atoms with Crippen molar-refractivity contribution in [3.63, 3.8) is 0 Å². The van der Waals surface area contributed by atoms with Crippen molar-refractivity contribution in [3.05, 3.63) is 29.3 Å². The van der Waals surface area contributed by atoms with E-state index in [-0.39, 0.29) is 18.2 Å². The third-order valence-corrected chi connectivity index (χ3v) is 3.07. The summed E-state index contributed by atoms with van der Waals surface area (Å²) in [5, 5.41) is 0. The minimum atomic E-state index is -0.392. The van der Waals surface area contributed by atoms with E-state index in [1.807, 2.05) is 0 Å². The predicted molar refractivity (Wildman–Crippen MR) is 61.2 cm³/mol. The van der Waals surface area contributed by atoms with E-state index in [1.165, 1.54) is 7.11 Å². The average molecular weight is 234 g/mol. The monoisotopic (exact) mass is 234 g/mol. The van der Waals surface area contributed by atoms with Crippen molar-refractivity contribution in [2.75, 3.05) is 14.2 Å². The highest BCUT2D eigenvalue weighted by Gasteiger charge is 2.32. The fourth-order valence-corrected chi connectivity index (χ4v) is 2.21. The summed E-state index contributed by atoms with van der Waals surface area (Å²) >= 11 is 0. The molecule has 0 aromatic heterocycles. The Morgan fingerprint density at radius 3 is 2.71 bits per heavy atom. The normalized spacial score (nSPS) is 18.5. The molecule has 0 bridgehead atoms. The summed E-state index contributed by atoms with van der Waals surface area (Å²) in [6.07, 6.45) is 0.713. The first-order valence-corrected chi connectivity index (χ1v) is 5.44. The molecule has 0 saturated carbocycles. The Hall–Kier alpha value is -1.84. The standard InChI is InChI=1S/C13H14O4/c1-16-12-5-3-4-9-10(12)6-8(7-11(9)14)13(15)17-2/h3-5,8H,6-7H2,1-2H3. The molecule has 0 fully saturated rings. The number of hydrogen-bond donors (Lipinski definition) is 0. The third kappa shape index (κ3) is 2.02. The van der Waals surface area contributed by atoms with Gasteiger partial charge >= 0.3 is 5.97 Å². The Balaban J connectivity index is 2.40. The number of fused-ring (bicyclic) bond motifs is 1. The summed E-state index contributed by atoms with van der Waals surface area (Å²) in [6, 6.07) is 5.35. The summed E-state index contributed by atoms with van der Waals surface area (Å²) in [7, 11) is 2.90. The number of hydrogen-bond acceptors (Lipinski definition) is 4. The van der Waals surface area contributed by atoms with E-state index in [2.05, 4.69) is 0 Å². The van der Waals surface area contributed by atoms with Crippen LogP contribution >= 0.6 is 0 Å². The molecule has 0 N–H and O–H groups in total. The van der Waals surface area contributed by atoms with E-state index < -0.39 is 5.92 Å². The molecule has 1 aromatic rings. The Morgan fingerprint density at radius 2 is 2.06 bits per heavy atom. The highest BCUT2D eigenvalue weighted by Crippen LogP contribution is 2.32.